The van der Waals surface area contributed by atoms with E-state index < -0.39 is 12.2 Å². The third-order valence-corrected chi connectivity index (χ3v) is 7.53. The minimum absolute atomic E-state index is 0.0425. The van der Waals surface area contributed by atoms with Gasteiger partial charge in [-0.05, 0) is 62.5 Å². The number of fused-ring (bicyclic) bond motifs is 1. The minimum Gasteiger partial charge on any atom is -0.480 e. The Morgan fingerprint density at radius 2 is 1.74 bits per heavy atom. The van der Waals surface area contributed by atoms with Gasteiger partial charge in [0, 0.05) is 5.56 Å². The number of nitrogens with zero attached hydrogens (tertiary/aromatic N) is 2. The molecule has 1 aliphatic carbocycles. The summed E-state index contributed by atoms with van der Waals surface area (Å²) in [4.78, 5) is 8.80. The van der Waals surface area contributed by atoms with Gasteiger partial charge in [0.25, 0.3) is 0 Å². The second-order valence-corrected chi connectivity index (χ2v) is 12.1. The Morgan fingerprint density at radius 3 is 2.35 bits per heavy atom. The van der Waals surface area contributed by atoms with Gasteiger partial charge in [0.05, 0.1) is 36.0 Å². The van der Waals surface area contributed by atoms with Crippen LogP contribution in [-0.2, 0) is 4.43 Å². The van der Waals surface area contributed by atoms with Crippen LogP contribution in [0.4, 0.5) is 0 Å². The Bertz CT molecular complexity index is 875. The maximum atomic E-state index is 11.0. The van der Waals surface area contributed by atoms with E-state index in [4.69, 9.17) is 9.16 Å². The number of hydrogen-bond donors (Lipinski definition) is 2. The van der Waals surface area contributed by atoms with Gasteiger partial charge in [0.2, 0.25) is 15.6 Å². The van der Waals surface area contributed by atoms with Crippen LogP contribution in [-0.4, -0.2) is 48.8 Å². The summed E-state index contributed by atoms with van der Waals surface area (Å²) >= 11 is 0. The van der Waals surface area contributed by atoms with Crippen LogP contribution in [0.3, 0.4) is 0 Å². The minimum atomic E-state index is -1.02. The molecule has 0 amide bonds. The standard InChI is InChI=1S/C24H36N2O4Si/c1-23(2,3)31-30-24(4,5)16-12-10-15(11-13-16)21(27)22(28)17-8-7-9-18-20(17)26-19(29-6)14-25-18/h7-9,14-16,21-22,27-28H,10-13H2,1-6H3/t15?,16?,21-,22-/m1/s1. The van der Waals surface area contributed by atoms with Gasteiger partial charge in [-0.1, -0.05) is 32.9 Å². The van der Waals surface area contributed by atoms with E-state index in [-0.39, 0.29) is 16.6 Å². The summed E-state index contributed by atoms with van der Waals surface area (Å²) in [6.45, 7) is 11.0. The number of hydrogen-bond acceptors (Lipinski definition) is 6. The van der Waals surface area contributed by atoms with Gasteiger partial charge in [-0.25, -0.2) is 9.97 Å². The molecule has 2 atom stereocenters. The summed E-state index contributed by atoms with van der Waals surface area (Å²) < 4.78 is 11.5. The molecular weight excluding hydrogens is 408 g/mol. The first-order chi connectivity index (χ1) is 14.5. The van der Waals surface area contributed by atoms with Gasteiger partial charge in [-0.15, -0.1) is 0 Å². The largest absolute Gasteiger partial charge is 0.480 e. The number of aliphatic hydroxyl groups is 2. The highest BCUT2D eigenvalue weighted by molar-refractivity contribution is 6.31. The molecule has 31 heavy (non-hydrogen) atoms. The monoisotopic (exact) mass is 444 g/mol. The molecule has 1 aromatic carbocycles. The van der Waals surface area contributed by atoms with Crippen molar-refractivity contribution < 1.29 is 19.4 Å². The lowest BCUT2D eigenvalue weighted by atomic mass is 9.72. The van der Waals surface area contributed by atoms with Crippen molar-refractivity contribution in [3.05, 3.63) is 30.0 Å². The topological polar surface area (TPSA) is 84.7 Å². The van der Waals surface area contributed by atoms with Crippen molar-refractivity contribution >= 4 is 20.8 Å². The van der Waals surface area contributed by atoms with Crippen molar-refractivity contribution in [3.8, 4) is 5.88 Å². The number of methoxy groups -OCH3 is 1. The Labute approximate surface area is 188 Å². The Morgan fingerprint density at radius 1 is 1.06 bits per heavy atom. The summed E-state index contributed by atoms with van der Waals surface area (Å²) in [6.07, 6.45) is 3.40. The van der Waals surface area contributed by atoms with Crippen LogP contribution in [0, 0.1) is 11.8 Å². The van der Waals surface area contributed by atoms with Crippen LogP contribution >= 0.6 is 0 Å². The summed E-state index contributed by atoms with van der Waals surface area (Å²) in [5, 5.41) is 22.2. The van der Waals surface area contributed by atoms with Crippen molar-refractivity contribution in [3.63, 3.8) is 0 Å². The van der Waals surface area contributed by atoms with E-state index in [0.29, 0.717) is 38.2 Å². The second-order valence-electron chi connectivity index (χ2n) is 10.2. The molecule has 2 radical (unpaired) electrons. The van der Waals surface area contributed by atoms with Gasteiger partial charge in [-0.2, -0.15) is 0 Å². The number of para-hydroxylation sites is 1. The summed E-state index contributed by atoms with van der Waals surface area (Å²) in [7, 11) is 2.00. The van der Waals surface area contributed by atoms with Crippen molar-refractivity contribution in [1.29, 1.82) is 0 Å². The highest BCUT2D eigenvalue weighted by Crippen LogP contribution is 2.41. The SMILES string of the molecule is COc1cnc2cccc([C@@H](O)[C@H](O)C3CCC(C(C)(C)O[Si]C(C)(C)C)CC3)c2n1. The smallest absolute Gasteiger partial charge is 0.236 e. The van der Waals surface area contributed by atoms with Crippen molar-refractivity contribution in [2.75, 3.05) is 7.11 Å². The molecule has 1 saturated carbocycles. The lowest BCUT2D eigenvalue weighted by Gasteiger charge is -2.42. The van der Waals surface area contributed by atoms with Gasteiger partial charge in [0.1, 0.15) is 6.10 Å². The van der Waals surface area contributed by atoms with Crippen LogP contribution in [0.5, 0.6) is 5.88 Å². The molecular formula is C24H36N2O4Si. The molecule has 170 valence electrons. The second kappa shape index (κ2) is 9.53. The lowest BCUT2D eigenvalue weighted by molar-refractivity contribution is -0.0478. The highest BCUT2D eigenvalue weighted by Gasteiger charge is 2.38. The third kappa shape index (κ3) is 5.83. The van der Waals surface area contributed by atoms with E-state index in [0.717, 1.165) is 25.7 Å². The van der Waals surface area contributed by atoms with Crippen molar-refractivity contribution in [2.45, 2.75) is 83.1 Å². The Hall–Kier alpha value is -1.54. The molecule has 2 aromatic rings. The van der Waals surface area contributed by atoms with Crippen LogP contribution in [0.1, 0.15) is 72.0 Å². The zero-order valence-electron chi connectivity index (χ0n) is 19.6. The lowest BCUT2D eigenvalue weighted by Crippen LogP contribution is -2.41. The van der Waals surface area contributed by atoms with E-state index in [1.54, 1.807) is 12.3 Å². The summed E-state index contributed by atoms with van der Waals surface area (Å²) in [6, 6.07) is 5.48. The molecule has 0 aliphatic heterocycles. The zero-order valence-corrected chi connectivity index (χ0v) is 20.6. The molecule has 0 saturated heterocycles. The van der Waals surface area contributed by atoms with E-state index in [1.807, 2.05) is 12.1 Å². The number of ether oxygens (including phenoxy) is 1. The van der Waals surface area contributed by atoms with E-state index in [2.05, 4.69) is 44.6 Å². The van der Waals surface area contributed by atoms with E-state index >= 15 is 0 Å². The van der Waals surface area contributed by atoms with Gasteiger partial charge in [-0.3, -0.25) is 0 Å². The molecule has 7 heteroatoms. The van der Waals surface area contributed by atoms with E-state index in [9.17, 15) is 10.2 Å². The molecule has 6 nitrogen and oxygen atoms in total. The highest BCUT2D eigenvalue weighted by atomic mass is 28.2. The van der Waals surface area contributed by atoms with Crippen LogP contribution in [0.15, 0.2) is 24.4 Å². The van der Waals surface area contributed by atoms with Crippen LogP contribution in [0.25, 0.3) is 11.0 Å². The molecule has 1 aromatic heterocycles. The number of aliphatic hydroxyl groups excluding tert-OH is 2. The molecule has 1 fully saturated rings. The average molecular weight is 445 g/mol. The first-order valence-electron chi connectivity index (χ1n) is 11.1. The molecule has 0 spiro atoms. The van der Waals surface area contributed by atoms with E-state index in [1.165, 1.54) is 7.11 Å². The molecule has 0 unspecified atom stereocenters. The number of benzene rings is 1. The van der Waals surface area contributed by atoms with Crippen LogP contribution < -0.4 is 4.74 Å². The fraction of sp³-hybridized carbons (Fsp3) is 0.667. The Balaban J connectivity index is 1.67. The Kier molecular flexibility index (Phi) is 7.41. The number of aromatic nitrogens is 2. The average Bonchev–Trinajstić information content (AvgIpc) is 2.75. The first kappa shape index (κ1) is 24.1. The zero-order chi connectivity index (χ0) is 22.8. The fourth-order valence-electron chi connectivity index (χ4n) is 4.34. The van der Waals surface area contributed by atoms with Gasteiger partial charge < -0.3 is 19.4 Å². The first-order valence-corrected chi connectivity index (χ1v) is 12.0. The summed E-state index contributed by atoms with van der Waals surface area (Å²) in [5.74, 6) is 0.886. The normalized spacial score (nSPS) is 22.3. The fourth-order valence-corrected chi connectivity index (χ4v) is 5.08. The quantitative estimate of drug-likeness (QED) is 0.613. The van der Waals surface area contributed by atoms with Crippen LogP contribution in [0.2, 0.25) is 5.04 Å². The summed E-state index contributed by atoms with van der Waals surface area (Å²) in [5.41, 5.74) is 1.65. The number of rotatable bonds is 7. The third-order valence-electron chi connectivity index (χ3n) is 6.29. The van der Waals surface area contributed by atoms with Crippen molar-refractivity contribution in [1.82, 2.24) is 9.97 Å². The maximum absolute atomic E-state index is 11.0. The van der Waals surface area contributed by atoms with Gasteiger partial charge in [0.15, 0.2) is 0 Å². The van der Waals surface area contributed by atoms with Crippen molar-refractivity contribution in [2.24, 2.45) is 11.8 Å². The molecule has 1 heterocycles. The molecule has 3 rings (SSSR count). The maximum Gasteiger partial charge on any atom is 0.236 e. The predicted molar refractivity (Wildman–Crippen MR) is 123 cm³/mol. The predicted octanol–water partition coefficient (Wildman–Crippen LogP) is 4.47. The van der Waals surface area contributed by atoms with Gasteiger partial charge >= 0.3 is 0 Å². The molecule has 0 bridgehead atoms. The molecule has 2 N–H and O–H groups in total. The molecule has 1 aliphatic rings.